The van der Waals surface area contributed by atoms with Gasteiger partial charge in [-0.05, 0) is 139 Å². The van der Waals surface area contributed by atoms with Crippen LogP contribution in [-0.4, -0.2) is 117 Å². The van der Waals surface area contributed by atoms with E-state index >= 15 is 0 Å². The van der Waals surface area contributed by atoms with Crippen LogP contribution in [0.5, 0.6) is 0 Å². The number of alkyl carbamates (subject to hydrolysis) is 1. The van der Waals surface area contributed by atoms with Crippen molar-refractivity contribution in [3.8, 4) is 24.7 Å². The molecule has 0 bridgehead atoms. The van der Waals surface area contributed by atoms with Gasteiger partial charge in [0.1, 0.15) is 11.2 Å². The van der Waals surface area contributed by atoms with Gasteiger partial charge in [0.2, 0.25) is 5.91 Å². The Labute approximate surface area is 743 Å². The number of aliphatic carboxylic acids is 3. The maximum atomic E-state index is 12.4. The number of unbranched alkanes of at least 4 members (excludes halogenated alkanes) is 5. The van der Waals surface area contributed by atoms with E-state index in [0.29, 0.717) is 69.6 Å². The number of imide groups is 1. The molecule has 656 valence electrons. The van der Waals surface area contributed by atoms with E-state index < -0.39 is 58.9 Å². The molecule has 2 heterocycles. The SMILES string of the molecule is C#CCCCC(=O)NCC[C@H](C)C(=O)O.C#CCCCC(=O)ON1C(=O)CCC1=O.C1CCOC1.C[C@@H](CCCCN)C(=O)O.C[C@@H](CCCCNC(=O)OC(C)(C)C)C(=O)O.Cc1ccc(C(=O)c2ccccc2)cc1.Cc1ccc([C@](O)(c2ccccc2)C(c2ccccc2)c2ccccc2)cc1.[CH2-]CCC.[Li+].c1ccc(Cc2ccccc2)cc1. The number of amides is 4. The Balaban J connectivity index is 0.000000719. The molecular weight excluding hydrogens is 1540 g/mol. The Kier molecular flexibility index (Phi) is 58.5. The summed E-state index contributed by atoms with van der Waals surface area (Å²) >= 11 is 0. The number of aliphatic hydroxyl groups is 1. The van der Waals surface area contributed by atoms with E-state index in [1.807, 2.05) is 140 Å². The van der Waals surface area contributed by atoms with Crippen molar-refractivity contribution in [2.45, 2.75) is 208 Å². The number of ether oxygens (including phenoxy) is 2. The summed E-state index contributed by atoms with van der Waals surface area (Å²) in [5, 5.41) is 43.9. The van der Waals surface area contributed by atoms with Gasteiger partial charge in [0.15, 0.2) is 5.78 Å². The first kappa shape index (κ1) is 110. The zero-order chi connectivity index (χ0) is 90.4. The molecule has 0 aliphatic carbocycles. The van der Waals surface area contributed by atoms with Gasteiger partial charge in [-0.1, -0.05) is 289 Å². The van der Waals surface area contributed by atoms with Crippen molar-refractivity contribution < 1.29 is 96.7 Å². The number of terminal acetylenes is 2. The van der Waals surface area contributed by atoms with Gasteiger partial charge in [-0.25, -0.2) is 9.59 Å². The number of carbonyl (C=O) groups is 9. The predicted molar refractivity (Wildman–Crippen MR) is 484 cm³/mol. The molecule has 8 aromatic rings. The number of rotatable bonds is 32. The normalized spacial score (nSPS) is 12.6. The van der Waals surface area contributed by atoms with E-state index in [-0.39, 0.29) is 67.6 Å². The van der Waals surface area contributed by atoms with Crippen molar-refractivity contribution in [3.05, 3.63) is 293 Å². The van der Waals surface area contributed by atoms with Crippen LogP contribution in [0.3, 0.4) is 0 Å². The molecule has 123 heavy (non-hydrogen) atoms. The summed E-state index contributed by atoms with van der Waals surface area (Å²) in [6.45, 7) is 23.8. The number of aryl methyl sites for hydroxylation is 2. The Morgan fingerprint density at radius 3 is 1.33 bits per heavy atom. The summed E-state index contributed by atoms with van der Waals surface area (Å²) in [6, 6.07) is 76.8. The fraction of sp³-hybridized carbons (Fsp3) is 0.392. The molecule has 2 saturated heterocycles. The summed E-state index contributed by atoms with van der Waals surface area (Å²) in [5.41, 5.74) is 14.1. The number of hydroxylamine groups is 2. The third-order valence-corrected chi connectivity index (χ3v) is 18.6. The van der Waals surface area contributed by atoms with E-state index in [0.717, 1.165) is 91.5 Å². The zero-order valence-corrected chi connectivity index (χ0v) is 74.0. The van der Waals surface area contributed by atoms with Gasteiger partial charge in [-0.2, -0.15) is 6.42 Å². The first-order valence-corrected chi connectivity index (χ1v) is 42.1. The largest absolute Gasteiger partial charge is 1.00 e. The topological polar surface area (TPSA) is 316 Å². The second-order valence-corrected chi connectivity index (χ2v) is 30.4. The molecule has 2 aliphatic heterocycles. The Bertz CT molecular complexity index is 4230. The number of nitrogens with one attached hydrogen (secondary N) is 2. The van der Waals surface area contributed by atoms with E-state index in [1.165, 1.54) is 41.5 Å². The third kappa shape index (κ3) is 48.9. The third-order valence-electron chi connectivity index (χ3n) is 18.6. The van der Waals surface area contributed by atoms with Crippen LogP contribution >= 0.6 is 0 Å². The average Bonchev–Trinajstić information content (AvgIpc) is 1.25. The fourth-order valence-corrected chi connectivity index (χ4v) is 11.4. The Morgan fingerprint density at radius 1 is 0.528 bits per heavy atom. The van der Waals surface area contributed by atoms with Crippen molar-refractivity contribution in [1.82, 2.24) is 15.7 Å². The van der Waals surface area contributed by atoms with Crippen molar-refractivity contribution in [2.24, 2.45) is 23.5 Å². The monoisotopic (exact) mass is 1670 g/mol. The molecule has 0 radical (unpaired) electrons. The molecular formula is C102H131LiN4O16. The van der Waals surface area contributed by atoms with E-state index in [1.54, 1.807) is 41.5 Å². The Morgan fingerprint density at radius 2 is 0.919 bits per heavy atom. The van der Waals surface area contributed by atoms with Crippen LogP contribution < -0.4 is 35.2 Å². The second-order valence-electron chi connectivity index (χ2n) is 30.4. The van der Waals surface area contributed by atoms with Crippen molar-refractivity contribution in [2.75, 3.05) is 32.8 Å². The molecule has 20 nitrogen and oxygen atoms in total. The maximum Gasteiger partial charge on any atom is 1.00 e. The number of nitrogens with two attached hydrogens (primary N) is 1. The first-order valence-electron chi connectivity index (χ1n) is 42.1. The molecule has 21 heteroatoms. The average molecular weight is 1680 g/mol. The summed E-state index contributed by atoms with van der Waals surface area (Å²) < 4.78 is 10.0. The van der Waals surface area contributed by atoms with Gasteiger partial charge in [-0.3, -0.25) is 33.6 Å². The molecule has 0 aromatic heterocycles. The van der Waals surface area contributed by atoms with Gasteiger partial charge in [0, 0.05) is 81.9 Å². The number of hydrogen-bond donors (Lipinski definition) is 7. The van der Waals surface area contributed by atoms with Crippen LogP contribution in [0.4, 0.5) is 4.79 Å². The molecule has 4 amide bonds. The smallest absolute Gasteiger partial charge is 0.481 e. The Hall–Kier alpha value is -11.2. The summed E-state index contributed by atoms with van der Waals surface area (Å²) in [4.78, 5) is 103. The number of nitrogens with zero attached hydrogens (tertiary/aromatic N) is 1. The van der Waals surface area contributed by atoms with Crippen molar-refractivity contribution in [1.29, 1.82) is 0 Å². The van der Waals surface area contributed by atoms with E-state index in [2.05, 4.69) is 145 Å². The van der Waals surface area contributed by atoms with Crippen LogP contribution in [0, 0.1) is 63.2 Å². The van der Waals surface area contributed by atoms with Crippen LogP contribution in [-0.2, 0) is 59.9 Å². The summed E-state index contributed by atoms with van der Waals surface area (Å²) in [5.74, 6) is -0.207. The van der Waals surface area contributed by atoms with Crippen LogP contribution in [0.15, 0.2) is 231 Å². The minimum atomic E-state index is -1.20. The molecule has 0 unspecified atom stereocenters. The number of carboxylic acids is 3. The molecule has 0 saturated carbocycles. The first-order chi connectivity index (χ1) is 58.5. The number of carbonyl (C=O) groups excluding carboxylic acids is 6. The molecule has 2 aliphatic rings. The molecule has 8 N–H and O–H groups in total. The molecule has 4 atom stereocenters. The molecule has 8 aromatic carbocycles. The standard InChI is InChI=1S/C27H24O.C14H12O.C13H12.C12H23NO4.C11H17NO3.C10H11NO4.C7H15NO2.C4H8O.C4H9.Li/c1-21-17-19-25(20-18-21)27(28,24-15-9-4-10-16-24)26(22-11-5-2-6-12-22)23-13-7-3-8-14-23;1-11-7-9-13(10-8-11)14(15)12-5-3-2-4-6-12;1-3-7-12(8-4-1)11-13-9-5-2-6-10-13;1-9(10(14)15)7-5-6-8-13-11(16)17-12(2,3)4;1-3-4-5-6-10(13)12-8-7-9(2)11(14)15;1-2-3-4-5-10(14)15-11-8(12)6-7-9(11)13;1-6(7(9)10)4-2-3-5-8;1-2-4-5-3-1;1-3-4-2;/h2-20,26,28H,1H3;2-10H,1H3;1-10H,11H2;9H,5-8H2,1-4H3,(H,13,16)(H,14,15);1,9H,4-8H2,2H3,(H,12,13)(H,14,15);1H,3-7H2;6H,2-5,8H2,1H3,(H,9,10);1-4H2;1,3-4H2,2H3;/q;;;;;;;;-1;+1/t27-;;;2*9-;;6-;;;/m1..00.0.../s1. The zero-order valence-electron chi connectivity index (χ0n) is 74.0. The van der Waals surface area contributed by atoms with Crippen LogP contribution in [0.1, 0.15) is 237 Å². The molecule has 0 spiro atoms. The van der Waals surface area contributed by atoms with Gasteiger partial charge in [0.25, 0.3) is 11.8 Å². The van der Waals surface area contributed by atoms with Gasteiger partial charge in [-0.15, -0.1) is 29.8 Å². The second kappa shape index (κ2) is 65.5. The number of benzene rings is 8. The van der Waals surface area contributed by atoms with Crippen LogP contribution in [0.2, 0.25) is 0 Å². The number of hydrogen-bond acceptors (Lipinski definition) is 14. The van der Waals surface area contributed by atoms with Crippen LogP contribution in [0.25, 0.3) is 0 Å². The summed E-state index contributed by atoms with van der Waals surface area (Å²) in [7, 11) is 0. The molecule has 2 fully saturated rings. The van der Waals surface area contributed by atoms with Crippen molar-refractivity contribution in [3.63, 3.8) is 0 Å². The quantitative estimate of drug-likeness (QED) is 0.00514. The van der Waals surface area contributed by atoms with Crippen molar-refractivity contribution >= 4 is 53.5 Å². The number of carboxylic acid groups (broad SMARTS) is 3. The van der Waals surface area contributed by atoms with Gasteiger partial charge in [0.05, 0.1) is 17.8 Å². The van der Waals surface area contributed by atoms with Gasteiger partial charge < -0.3 is 58.0 Å². The molecule has 10 rings (SSSR count). The van der Waals surface area contributed by atoms with E-state index in [9.17, 15) is 48.3 Å². The minimum absolute atomic E-state index is 0. The van der Waals surface area contributed by atoms with Gasteiger partial charge >= 0.3 is 48.8 Å². The predicted octanol–water partition coefficient (Wildman–Crippen LogP) is 16.6. The maximum absolute atomic E-state index is 12.4. The summed E-state index contributed by atoms with van der Waals surface area (Å²) in [6.07, 6.45) is 23.7. The fourth-order valence-electron chi connectivity index (χ4n) is 11.4. The van der Waals surface area contributed by atoms with E-state index in [4.69, 9.17) is 43.4 Å². The number of ketones is 1. The minimum Gasteiger partial charge on any atom is -0.481 e.